The highest BCUT2D eigenvalue weighted by Gasteiger charge is 2.40. The quantitative estimate of drug-likeness (QED) is 0.901. The maximum Gasteiger partial charge on any atom is 0.125 e. The second-order valence-electron chi connectivity index (χ2n) is 6.11. The molecule has 0 saturated heterocycles. The summed E-state index contributed by atoms with van der Waals surface area (Å²) < 4.78 is 6.18. The third-order valence-electron chi connectivity index (χ3n) is 4.74. The molecule has 0 bridgehead atoms. The van der Waals surface area contributed by atoms with E-state index in [0.29, 0.717) is 5.92 Å². The Morgan fingerprint density at radius 1 is 1.35 bits per heavy atom. The number of nitrogens with one attached hydrogen (secondary N) is 1. The first-order chi connectivity index (χ1) is 9.79. The van der Waals surface area contributed by atoms with E-state index in [2.05, 4.69) is 12.2 Å². The fourth-order valence-corrected chi connectivity index (χ4v) is 5.18. The number of aromatic nitrogens is 1. The number of nitrogens with zero attached hydrogens (tertiary/aromatic N) is 1. The SMILES string of the molecule is CCOC1(c2nc3c(s2)CCCC3CNC)CCCC1. The molecule has 0 radical (unpaired) electrons. The predicted octanol–water partition coefficient (Wildman–Crippen LogP) is 3.59. The minimum atomic E-state index is -0.0546. The molecule has 112 valence electrons. The highest BCUT2D eigenvalue weighted by Crippen LogP contribution is 2.46. The first-order valence-corrected chi connectivity index (χ1v) is 8.89. The van der Waals surface area contributed by atoms with Gasteiger partial charge in [0.2, 0.25) is 0 Å². The van der Waals surface area contributed by atoms with Gasteiger partial charge in [-0.2, -0.15) is 0 Å². The first-order valence-electron chi connectivity index (χ1n) is 8.07. The number of ether oxygens (including phenoxy) is 1. The zero-order valence-electron chi connectivity index (χ0n) is 12.7. The van der Waals surface area contributed by atoms with Crippen LogP contribution >= 0.6 is 11.3 Å². The summed E-state index contributed by atoms with van der Waals surface area (Å²) in [6.07, 6.45) is 8.68. The van der Waals surface area contributed by atoms with E-state index in [1.54, 1.807) is 0 Å². The molecule has 4 heteroatoms. The summed E-state index contributed by atoms with van der Waals surface area (Å²) in [6.45, 7) is 3.96. The second kappa shape index (κ2) is 6.12. The number of hydrogen-bond acceptors (Lipinski definition) is 4. The van der Waals surface area contributed by atoms with Crippen molar-refractivity contribution in [2.24, 2.45) is 0 Å². The Bertz CT molecular complexity index is 451. The van der Waals surface area contributed by atoms with Gasteiger partial charge in [0.1, 0.15) is 10.6 Å². The van der Waals surface area contributed by atoms with Gasteiger partial charge in [0.25, 0.3) is 0 Å². The minimum Gasteiger partial charge on any atom is -0.368 e. The summed E-state index contributed by atoms with van der Waals surface area (Å²) in [5.41, 5.74) is 1.32. The minimum absolute atomic E-state index is 0.0546. The van der Waals surface area contributed by atoms with Gasteiger partial charge >= 0.3 is 0 Å². The van der Waals surface area contributed by atoms with Gasteiger partial charge in [0, 0.05) is 23.9 Å². The van der Waals surface area contributed by atoms with Gasteiger partial charge in [-0.05, 0) is 46.1 Å². The van der Waals surface area contributed by atoms with Crippen molar-refractivity contribution in [2.45, 2.75) is 63.4 Å². The second-order valence-corrected chi connectivity index (χ2v) is 7.19. The van der Waals surface area contributed by atoms with Crippen LogP contribution in [0, 0.1) is 0 Å². The van der Waals surface area contributed by atoms with E-state index in [0.717, 1.165) is 26.0 Å². The molecule has 3 rings (SSSR count). The zero-order valence-corrected chi connectivity index (χ0v) is 13.5. The van der Waals surface area contributed by atoms with E-state index in [4.69, 9.17) is 9.72 Å². The van der Waals surface area contributed by atoms with Gasteiger partial charge in [-0.25, -0.2) is 4.98 Å². The predicted molar refractivity (Wildman–Crippen MR) is 83.5 cm³/mol. The van der Waals surface area contributed by atoms with Crippen LogP contribution in [0.1, 0.15) is 66.9 Å². The topological polar surface area (TPSA) is 34.1 Å². The maximum absolute atomic E-state index is 6.18. The average Bonchev–Trinajstić information content (AvgIpc) is 3.07. The van der Waals surface area contributed by atoms with Crippen LogP contribution in [0.15, 0.2) is 0 Å². The Morgan fingerprint density at radius 3 is 2.85 bits per heavy atom. The lowest BCUT2D eigenvalue weighted by atomic mass is 9.91. The molecule has 3 nitrogen and oxygen atoms in total. The Labute approximate surface area is 126 Å². The van der Waals surface area contributed by atoms with Crippen molar-refractivity contribution < 1.29 is 4.74 Å². The largest absolute Gasteiger partial charge is 0.368 e. The van der Waals surface area contributed by atoms with Gasteiger partial charge in [0.15, 0.2) is 0 Å². The van der Waals surface area contributed by atoms with Crippen molar-refractivity contribution in [3.63, 3.8) is 0 Å². The summed E-state index contributed by atoms with van der Waals surface area (Å²) in [5.74, 6) is 0.605. The molecule has 2 aliphatic rings. The molecule has 0 amide bonds. The highest BCUT2D eigenvalue weighted by molar-refractivity contribution is 7.11. The van der Waals surface area contributed by atoms with E-state index in [9.17, 15) is 0 Å². The third-order valence-corrected chi connectivity index (χ3v) is 6.06. The van der Waals surface area contributed by atoms with Crippen molar-refractivity contribution in [1.82, 2.24) is 10.3 Å². The number of thiazole rings is 1. The number of rotatable bonds is 5. The Balaban J connectivity index is 1.91. The van der Waals surface area contributed by atoms with Crippen LogP contribution in [0.3, 0.4) is 0 Å². The molecule has 1 fully saturated rings. The fourth-order valence-electron chi connectivity index (χ4n) is 3.79. The van der Waals surface area contributed by atoms with Crippen molar-refractivity contribution >= 4 is 11.3 Å². The fraction of sp³-hybridized carbons (Fsp3) is 0.812. The average molecular weight is 294 g/mol. The molecule has 0 aliphatic heterocycles. The molecule has 20 heavy (non-hydrogen) atoms. The van der Waals surface area contributed by atoms with Crippen LogP contribution in [0.25, 0.3) is 0 Å². The Hall–Kier alpha value is -0.450. The highest BCUT2D eigenvalue weighted by atomic mass is 32.1. The van der Waals surface area contributed by atoms with Crippen molar-refractivity contribution in [1.29, 1.82) is 0 Å². The van der Waals surface area contributed by atoms with E-state index in [1.165, 1.54) is 47.7 Å². The molecular weight excluding hydrogens is 268 g/mol. The van der Waals surface area contributed by atoms with Crippen LogP contribution in [0.4, 0.5) is 0 Å². The van der Waals surface area contributed by atoms with Gasteiger partial charge in [-0.3, -0.25) is 0 Å². The number of fused-ring (bicyclic) bond motifs is 1. The molecule has 2 aliphatic carbocycles. The summed E-state index contributed by atoms with van der Waals surface area (Å²) >= 11 is 1.94. The molecule has 1 unspecified atom stereocenters. The van der Waals surface area contributed by atoms with E-state index in [-0.39, 0.29) is 5.60 Å². The van der Waals surface area contributed by atoms with Gasteiger partial charge in [-0.15, -0.1) is 11.3 Å². The van der Waals surface area contributed by atoms with Gasteiger partial charge in [0.05, 0.1) is 5.69 Å². The molecule has 1 aromatic heterocycles. The molecule has 1 saturated carbocycles. The zero-order chi connectivity index (χ0) is 14.0. The number of likely N-dealkylation sites (N-methyl/N-ethyl adjacent to an activating group) is 1. The van der Waals surface area contributed by atoms with Crippen LogP contribution in [0.2, 0.25) is 0 Å². The van der Waals surface area contributed by atoms with Crippen molar-refractivity contribution in [3.8, 4) is 0 Å². The smallest absolute Gasteiger partial charge is 0.125 e. The molecule has 0 aromatic carbocycles. The number of hydrogen-bond donors (Lipinski definition) is 1. The normalized spacial score (nSPS) is 24.8. The lowest BCUT2D eigenvalue weighted by molar-refractivity contribution is -0.0392. The lowest BCUT2D eigenvalue weighted by Gasteiger charge is -2.26. The first kappa shape index (κ1) is 14.5. The standard InChI is InChI=1S/C16H26N2OS/c1-3-19-16(9-4-5-10-16)15-18-14-12(11-17-2)7-6-8-13(14)20-15/h12,17H,3-11H2,1-2H3. The van der Waals surface area contributed by atoms with Gasteiger partial charge in [-0.1, -0.05) is 12.8 Å². The van der Waals surface area contributed by atoms with Crippen LogP contribution < -0.4 is 5.32 Å². The van der Waals surface area contributed by atoms with Crippen molar-refractivity contribution in [3.05, 3.63) is 15.6 Å². The third kappa shape index (κ3) is 2.53. The number of aryl methyl sites for hydroxylation is 1. The summed E-state index contributed by atoms with van der Waals surface area (Å²) in [6, 6.07) is 0. The van der Waals surface area contributed by atoms with Crippen LogP contribution in [-0.4, -0.2) is 25.2 Å². The summed E-state index contributed by atoms with van der Waals surface area (Å²) in [4.78, 5) is 6.60. The van der Waals surface area contributed by atoms with Gasteiger partial charge < -0.3 is 10.1 Å². The maximum atomic E-state index is 6.18. The summed E-state index contributed by atoms with van der Waals surface area (Å²) in [7, 11) is 2.04. The molecular formula is C16H26N2OS. The Morgan fingerprint density at radius 2 is 2.15 bits per heavy atom. The molecule has 1 aromatic rings. The molecule has 1 atom stereocenters. The van der Waals surface area contributed by atoms with E-state index in [1.807, 2.05) is 18.4 Å². The monoisotopic (exact) mass is 294 g/mol. The summed E-state index contributed by atoms with van der Waals surface area (Å²) in [5, 5.41) is 4.59. The van der Waals surface area contributed by atoms with E-state index >= 15 is 0 Å². The van der Waals surface area contributed by atoms with E-state index < -0.39 is 0 Å². The van der Waals surface area contributed by atoms with Crippen LogP contribution in [-0.2, 0) is 16.8 Å². The lowest BCUT2D eigenvalue weighted by Crippen LogP contribution is -2.26. The molecule has 1 heterocycles. The molecule has 0 spiro atoms. The van der Waals surface area contributed by atoms with Crippen molar-refractivity contribution in [2.75, 3.05) is 20.2 Å². The molecule has 1 N–H and O–H groups in total. The Kier molecular flexibility index (Phi) is 4.43. The van der Waals surface area contributed by atoms with Crippen LogP contribution in [0.5, 0.6) is 0 Å².